The smallest absolute Gasteiger partial charge is 0.161 e. The fraction of sp³-hybridized carbons (Fsp3) is 0.438. The molecule has 1 aromatic carbocycles. The van der Waals surface area contributed by atoms with Crippen molar-refractivity contribution in [3.63, 3.8) is 0 Å². The summed E-state index contributed by atoms with van der Waals surface area (Å²) in [4.78, 5) is 0. The Morgan fingerprint density at radius 3 is 2.52 bits per heavy atom. The molecule has 0 saturated carbocycles. The second kappa shape index (κ2) is 6.28. The zero-order valence-corrected chi connectivity index (χ0v) is 13.3. The van der Waals surface area contributed by atoms with Crippen LogP contribution in [-0.4, -0.2) is 16.9 Å². The first-order valence-corrected chi connectivity index (χ1v) is 7.14. The van der Waals surface area contributed by atoms with Crippen molar-refractivity contribution in [1.29, 1.82) is 0 Å². The number of nitrogens with one attached hydrogen (secondary N) is 1. The fourth-order valence-corrected chi connectivity index (χ4v) is 2.66. The number of hydrogen-bond donors (Lipinski definition) is 2. The molecule has 1 heterocycles. The molecule has 21 heavy (non-hydrogen) atoms. The number of aryl methyl sites for hydroxylation is 2. The summed E-state index contributed by atoms with van der Waals surface area (Å²) in [6, 6.07) is 6.42. The monoisotopic (exact) mass is 288 g/mol. The number of hydrazine groups is 1. The highest BCUT2D eigenvalue weighted by molar-refractivity contribution is 5.41. The Kier molecular flexibility index (Phi) is 4.65. The number of ether oxygens (including phenoxy) is 1. The summed E-state index contributed by atoms with van der Waals surface area (Å²) in [5, 5.41) is 4.42. The van der Waals surface area contributed by atoms with E-state index in [2.05, 4.69) is 56.4 Å². The van der Waals surface area contributed by atoms with Crippen LogP contribution in [0.1, 0.15) is 48.3 Å². The third kappa shape index (κ3) is 2.94. The lowest BCUT2D eigenvalue weighted by atomic mass is 9.97. The Hall–Kier alpha value is -1.85. The molecule has 0 saturated heterocycles. The third-order valence-electron chi connectivity index (χ3n) is 3.68. The zero-order chi connectivity index (χ0) is 15.6. The van der Waals surface area contributed by atoms with E-state index in [-0.39, 0.29) is 12.1 Å². The molecular weight excluding hydrogens is 264 g/mol. The van der Waals surface area contributed by atoms with Crippen LogP contribution in [-0.2, 0) is 0 Å². The van der Waals surface area contributed by atoms with Gasteiger partial charge in [0.2, 0.25) is 0 Å². The van der Waals surface area contributed by atoms with E-state index < -0.39 is 0 Å². The third-order valence-corrected chi connectivity index (χ3v) is 3.68. The molecule has 2 aromatic rings. The molecule has 1 atom stereocenters. The number of benzene rings is 1. The number of rotatable bonds is 5. The van der Waals surface area contributed by atoms with E-state index in [0.717, 1.165) is 17.0 Å². The van der Waals surface area contributed by atoms with Crippen molar-refractivity contribution in [2.24, 2.45) is 5.84 Å². The molecule has 5 heteroatoms. The summed E-state index contributed by atoms with van der Waals surface area (Å²) in [7, 11) is 1.65. The van der Waals surface area contributed by atoms with Crippen LogP contribution in [0.3, 0.4) is 0 Å². The number of nitrogens with two attached hydrogens (primary N) is 1. The molecule has 2 rings (SSSR count). The van der Waals surface area contributed by atoms with Crippen LogP contribution in [0.25, 0.3) is 0 Å². The minimum atomic E-state index is -0.162. The summed E-state index contributed by atoms with van der Waals surface area (Å²) in [5.41, 5.74) is 7.41. The van der Waals surface area contributed by atoms with E-state index in [9.17, 15) is 0 Å². The van der Waals surface area contributed by atoms with Crippen molar-refractivity contribution in [1.82, 2.24) is 15.2 Å². The van der Waals surface area contributed by atoms with Crippen LogP contribution in [0, 0.1) is 13.8 Å². The standard InChI is InChI=1S/C16H24N4O/c1-10(2)20-16(14(21-5)9-18-20)15(19-17)13-7-6-11(3)8-12(13)4/h6-10,15,19H,17H2,1-5H3. The van der Waals surface area contributed by atoms with Crippen molar-refractivity contribution in [2.45, 2.75) is 39.8 Å². The molecule has 114 valence electrons. The van der Waals surface area contributed by atoms with Gasteiger partial charge in [0.1, 0.15) is 5.69 Å². The molecule has 1 aromatic heterocycles. The molecule has 0 spiro atoms. The predicted octanol–water partition coefficient (Wildman–Crippen LogP) is 2.64. The van der Waals surface area contributed by atoms with Gasteiger partial charge in [-0.25, -0.2) is 5.43 Å². The highest BCUT2D eigenvalue weighted by Gasteiger charge is 2.25. The average molecular weight is 288 g/mol. The Balaban J connectivity index is 2.58. The van der Waals surface area contributed by atoms with Crippen LogP contribution in [0.2, 0.25) is 0 Å². The van der Waals surface area contributed by atoms with Gasteiger partial charge in [-0.15, -0.1) is 0 Å². The highest BCUT2D eigenvalue weighted by atomic mass is 16.5. The lowest BCUT2D eigenvalue weighted by Crippen LogP contribution is -2.32. The second-order valence-corrected chi connectivity index (χ2v) is 5.60. The lowest BCUT2D eigenvalue weighted by molar-refractivity contribution is 0.394. The lowest BCUT2D eigenvalue weighted by Gasteiger charge is -2.22. The maximum atomic E-state index is 5.85. The van der Waals surface area contributed by atoms with E-state index in [0.29, 0.717) is 0 Å². The van der Waals surface area contributed by atoms with E-state index >= 15 is 0 Å². The topological polar surface area (TPSA) is 65.1 Å². The number of aromatic nitrogens is 2. The van der Waals surface area contributed by atoms with E-state index in [1.54, 1.807) is 13.3 Å². The van der Waals surface area contributed by atoms with Crippen LogP contribution < -0.4 is 16.0 Å². The van der Waals surface area contributed by atoms with Crippen molar-refractivity contribution < 1.29 is 4.74 Å². The van der Waals surface area contributed by atoms with Gasteiger partial charge in [-0.3, -0.25) is 10.5 Å². The van der Waals surface area contributed by atoms with Gasteiger partial charge in [0.15, 0.2) is 5.75 Å². The van der Waals surface area contributed by atoms with E-state index in [1.807, 2.05) is 4.68 Å². The average Bonchev–Trinajstić information content (AvgIpc) is 2.86. The Morgan fingerprint density at radius 1 is 1.29 bits per heavy atom. The van der Waals surface area contributed by atoms with Crippen molar-refractivity contribution in [3.8, 4) is 5.75 Å². The normalized spacial score (nSPS) is 12.7. The van der Waals surface area contributed by atoms with Gasteiger partial charge in [0.25, 0.3) is 0 Å². The quantitative estimate of drug-likeness (QED) is 0.656. The van der Waals surface area contributed by atoms with Gasteiger partial charge in [-0.1, -0.05) is 23.8 Å². The Labute approximate surface area is 126 Å². The molecule has 0 aliphatic rings. The Morgan fingerprint density at radius 2 is 2.00 bits per heavy atom. The molecule has 0 bridgehead atoms. The molecule has 5 nitrogen and oxygen atoms in total. The van der Waals surface area contributed by atoms with Gasteiger partial charge in [-0.05, 0) is 38.8 Å². The van der Waals surface area contributed by atoms with Gasteiger partial charge < -0.3 is 4.74 Å². The minimum Gasteiger partial charge on any atom is -0.493 e. The second-order valence-electron chi connectivity index (χ2n) is 5.60. The van der Waals surface area contributed by atoms with Crippen molar-refractivity contribution >= 4 is 0 Å². The molecular formula is C16H24N4O. The summed E-state index contributed by atoms with van der Waals surface area (Å²) < 4.78 is 7.41. The SMILES string of the molecule is COc1cnn(C(C)C)c1C(NN)c1ccc(C)cc1C. The first-order chi connectivity index (χ1) is 9.99. The minimum absolute atomic E-state index is 0.162. The van der Waals surface area contributed by atoms with Gasteiger partial charge in [0, 0.05) is 6.04 Å². The molecule has 0 aliphatic heterocycles. The van der Waals surface area contributed by atoms with Gasteiger partial charge in [0.05, 0.1) is 19.3 Å². The maximum Gasteiger partial charge on any atom is 0.161 e. The summed E-state index contributed by atoms with van der Waals surface area (Å²) >= 11 is 0. The summed E-state index contributed by atoms with van der Waals surface area (Å²) in [6.07, 6.45) is 1.74. The summed E-state index contributed by atoms with van der Waals surface area (Å²) in [6.45, 7) is 8.35. The molecule has 0 radical (unpaired) electrons. The van der Waals surface area contributed by atoms with Crippen LogP contribution in [0.15, 0.2) is 24.4 Å². The molecule has 0 aliphatic carbocycles. The molecule has 0 amide bonds. The fourth-order valence-electron chi connectivity index (χ4n) is 2.66. The van der Waals surface area contributed by atoms with Crippen LogP contribution in [0.4, 0.5) is 0 Å². The van der Waals surface area contributed by atoms with Gasteiger partial charge >= 0.3 is 0 Å². The molecule has 3 N–H and O–H groups in total. The first kappa shape index (κ1) is 15.5. The highest BCUT2D eigenvalue weighted by Crippen LogP contribution is 2.32. The first-order valence-electron chi connectivity index (χ1n) is 7.14. The van der Waals surface area contributed by atoms with Crippen molar-refractivity contribution in [3.05, 3.63) is 46.8 Å². The van der Waals surface area contributed by atoms with Gasteiger partial charge in [-0.2, -0.15) is 5.10 Å². The van der Waals surface area contributed by atoms with Crippen LogP contribution in [0.5, 0.6) is 5.75 Å². The maximum absolute atomic E-state index is 5.85. The van der Waals surface area contributed by atoms with E-state index in [1.165, 1.54) is 11.1 Å². The zero-order valence-electron chi connectivity index (χ0n) is 13.3. The Bertz CT molecular complexity index is 619. The number of nitrogens with zero attached hydrogens (tertiary/aromatic N) is 2. The van der Waals surface area contributed by atoms with Crippen LogP contribution >= 0.6 is 0 Å². The number of methoxy groups -OCH3 is 1. The van der Waals surface area contributed by atoms with E-state index in [4.69, 9.17) is 10.6 Å². The van der Waals surface area contributed by atoms with Crippen molar-refractivity contribution in [2.75, 3.05) is 7.11 Å². The predicted molar refractivity (Wildman–Crippen MR) is 84.2 cm³/mol. The molecule has 1 unspecified atom stereocenters. The number of hydrogen-bond acceptors (Lipinski definition) is 4. The largest absolute Gasteiger partial charge is 0.493 e. The molecule has 0 fully saturated rings. The summed E-state index contributed by atoms with van der Waals surface area (Å²) in [5.74, 6) is 6.59.